The van der Waals surface area contributed by atoms with E-state index in [-0.39, 0.29) is 24.5 Å². The van der Waals surface area contributed by atoms with Crippen molar-refractivity contribution in [2.24, 2.45) is 10.3 Å². The number of hydrogen-bond acceptors (Lipinski definition) is 6. The van der Waals surface area contributed by atoms with Crippen molar-refractivity contribution < 1.29 is 9.59 Å². The Morgan fingerprint density at radius 1 is 0.938 bits per heavy atom. The molecule has 0 unspecified atom stereocenters. The molecule has 0 aliphatic heterocycles. The molecule has 0 spiro atoms. The first kappa shape index (κ1) is 13.9. The zero-order valence-electron chi connectivity index (χ0n) is 8.94. The van der Waals surface area contributed by atoms with Crippen LogP contribution in [0.4, 0.5) is 0 Å². The molecule has 2 amide bonds. The van der Waals surface area contributed by atoms with Crippen molar-refractivity contribution >= 4 is 23.2 Å². The summed E-state index contributed by atoms with van der Waals surface area (Å²) in [6.45, 7) is 2.65. The molecule has 0 bridgehead atoms. The molecule has 90 valence electrons. The minimum atomic E-state index is -0.901. The first-order valence-corrected chi connectivity index (χ1v) is 4.38. The Labute approximate surface area is 92.0 Å². The van der Waals surface area contributed by atoms with Crippen LogP contribution in [0, 0.1) is 10.4 Å². The second kappa shape index (κ2) is 7.21. The van der Waals surface area contributed by atoms with Gasteiger partial charge in [-0.15, -0.1) is 0 Å². The van der Waals surface area contributed by atoms with Crippen molar-refractivity contribution in [1.82, 2.24) is 10.6 Å². The Morgan fingerprint density at radius 3 is 1.50 bits per heavy atom. The maximum absolute atomic E-state index is 11.1. The molecule has 0 aromatic rings. The molecule has 0 saturated carbocycles. The van der Waals surface area contributed by atoms with E-state index in [0.717, 1.165) is 0 Å². The summed E-state index contributed by atoms with van der Waals surface area (Å²) in [5.74, 6) is -1.80. The highest BCUT2D eigenvalue weighted by Gasteiger charge is 2.12. The van der Waals surface area contributed by atoms with Crippen LogP contribution in [0.1, 0.15) is 13.8 Å². The second-order valence-electron chi connectivity index (χ2n) is 3.02. The molecule has 8 nitrogen and oxygen atoms in total. The Morgan fingerprint density at radius 2 is 1.25 bits per heavy atom. The molecule has 2 N–H and O–H groups in total. The number of carbonyl (C=O) groups is 2. The van der Waals surface area contributed by atoms with Crippen LogP contribution in [0.5, 0.6) is 0 Å². The standard InChI is InChI=1S/C8H14N4O4/c1-5(11-15)3-9-7(13)8(14)10-4-6(2)12-16/h15-16H,3-4H2,1-2H3,(H,9,13)(H,10,14)/p-2/b11-5+,12-6+. The number of nitrogens with one attached hydrogen (secondary N) is 2. The third kappa shape index (κ3) is 5.58. The highest BCUT2D eigenvalue weighted by molar-refractivity contribution is 6.35. The van der Waals surface area contributed by atoms with Crippen molar-refractivity contribution in [3.8, 4) is 0 Å². The monoisotopic (exact) mass is 228 g/mol. The van der Waals surface area contributed by atoms with Gasteiger partial charge in [0.05, 0.1) is 13.1 Å². The van der Waals surface area contributed by atoms with Gasteiger partial charge < -0.3 is 31.4 Å². The topological polar surface area (TPSA) is 129 Å². The normalized spacial score (nSPS) is 12.1. The van der Waals surface area contributed by atoms with E-state index in [9.17, 15) is 20.0 Å². The molecule has 0 aromatic carbocycles. The summed E-state index contributed by atoms with van der Waals surface area (Å²) in [6, 6.07) is 0. The fraction of sp³-hybridized carbons (Fsp3) is 0.500. The molecule has 0 aliphatic carbocycles. The van der Waals surface area contributed by atoms with Crippen molar-refractivity contribution in [3.05, 3.63) is 10.4 Å². The zero-order chi connectivity index (χ0) is 12.6. The van der Waals surface area contributed by atoms with Gasteiger partial charge >= 0.3 is 11.8 Å². The average molecular weight is 228 g/mol. The molecule has 0 saturated heterocycles. The number of nitrogens with zero attached hydrogens (tertiary/aromatic N) is 2. The minimum absolute atomic E-state index is 0.0929. The fourth-order valence-corrected chi connectivity index (χ4v) is 0.641. The van der Waals surface area contributed by atoms with E-state index in [1.54, 1.807) is 0 Å². The van der Waals surface area contributed by atoms with Crippen LogP contribution in [0.15, 0.2) is 10.3 Å². The quantitative estimate of drug-likeness (QED) is 0.368. The minimum Gasteiger partial charge on any atom is -0.792 e. The van der Waals surface area contributed by atoms with Crippen LogP contribution in [0.3, 0.4) is 0 Å². The lowest BCUT2D eigenvalue weighted by Crippen LogP contribution is -2.42. The summed E-state index contributed by atoms with van der Waals surface area (Å²) in [4.78, 5) is 22.1. The van der Waals surface area contributed by atoms with E-state index in [1.807, 2.05) is 0 Å². The van der Waals surface area contributed by atoms with Crippen LogP contribution >= 0.6 is 0 Å². The summed E-state index contributed by atoms with van der Waals surface area (Å²) in [5, 5.41) is 29.4. The largest absolute Gasteiger partial charge is 0.792 e. The van der Waals surface area contributed by atoms with Crippen LogP contribution in [0.25, 0.3) is 0 Å². The lowest BCUT2D eigenvalue weighted by atomic mass is 10.4. The van der Waals surface area contributed by atoms with Crippen molar-refractivity contribution in [2.75, 3.05) is 13.1 Å². The zero-order valence-corrected chi connectivity index (χ0v) is 8.94. The Hall–Kier alpha value is -2.12. The lowest BCUT2D eigenvalue weighted by molar-refractivity contribution is -0.138. The third-order valence-corrected chi connectivity index (χ3v) is 1.53. The van der Waals surface area contributed by atoms with Crippen LogP contribution in [0.2, 0.25) is 0 Å². The van der Waals surface area contributed by atoms with Gasteiger partial charge in [-0.25, -0.2) is 0 Å². The predicted molar refractivity (Wildman–Crippen MR) is 59.0 cm³/mol. The van der Waals surface area contributed by atoms with E-state index < -0.39 is 11.8 Å². The molecular weight excluding hydrogens is 216 g/mol. The summed E-state index contributed by atoms with van der Waals surface area (Å²) in [5.41, 5.74) is 0.303. The summed E-state index contributed by atoms with van der Waals surface area (Å²) in [6.07, 6.45) is 0. The Balaban J connectivity index is 3.96. The Kier molecular flexibility index (Phi) is 6.25. The lowest BCUT2D eigenvalue weighted by Gasteiger charge is -2.07. The molecule has 0 aliphatic rings. The smallest absolute Gasteiger partial charge is 0.309 e. The van der Waals surface area contributed by atoms with Gasteiger partial charge in [-0.2, -0.15) is 0 Å². The third-order valence-electron chi connectivity index (χ3n) is 1.53. The SMILES string of the molecule is C/C(CNC(=O)C(=O)NC/C(C)=N/[O-])=N\[O-]. The van der Waals surface area contributed by atoms with Crippen LogP contribution in [-0.2, 0) is 9.59 Å². The van der Waals surface area contributed by atoms with Gasteiger partial charge in [0.1, 0.15) is 0 Å². The first-order chi connectivity index (χ1) is 7.51. The highest BCUT2D eigenvalue weighted by atomic mass is 16.4. The maximum Gasteiger partial charge on any atom is 0.309 e. The van der Waals surface area contributed by atoms with Gasteiger partial charge in [0, 0.05) is 11.4 Å². The number of hydrogen-bond donors (Lipinski definition) is 2. The fourth-order valence-electron chi connectivity index (χ4n) is 0.641. The van der Waals surface area contributed by atoms with E-state index in [1.165, 1.54) is 13.8 Å². The van der Waals surface area contributed by atoms with Gasteiger partial charge in [-0.3, -0.25) is 9.59 Å². The molecular formula is C8H12N4O4-2. The maximum atomic E-state index is 11.1. The second-order valence-corrected chi connectivity index (χ2v) is 3.02. The summed E-state index contributed by atoms with van der Waals surface area (Å²) >= 11 is 0. The predicted octanol–water partition coefficient (Wildman–Crippen LogP) is -0.864. The van der Waals surface area contributed by atoms with Crippen molar-refractivity contribution in [1.29, 1.82) is 0 Å². The van der Waals surface area contributed by atoms with Crippen molar-refractivity contribution in [2.45, 2.75) is 13.8 Å². The number of amides is 2. The molecule has 0 radical (unpaired) electrons. The van der Waals surface area contributed by atoms with Crippen LogP contribution < -0.4 is 10.6 Å². The van der Waals surface area contributed by atoms with Gasteiger partial charge in [-0.05, 0) is 13.8 Å². The highest BCUT2D eigenvalue weighted by Crippen LogP contribution is 1.77. The van der Waals surface area contributed by atoms with Gasteiger partial charge in [0.25, 0.3) is 0 Å². The molecule has 0 heterocycles. The molecule has 0 aromatic heterocycles. The average Bonchev–Trinajstić information content (AvgIpc) is 2.31. The van der Waals surface area contributed by atoms with E-state index in [2.05, 4.69) is 20.9 Å². The Bertz CT molecular complexity index is 292. The first-order valence-electron chi connectivity index (χ1n) is 4.38. The van der Waals surface area contributed by atoms with E-state index >= 15 is 0 Å². The molecule has 8 heteroatoms. The van der Waals surface area contributed by atoms with Crippen molar-refractivity contribution in [3.63, 3.8) is 0 Å². The van der Waals surface area contributed by atoms with Crippen LogP contribution in [-0.4, -0.2) is 36.3 Å². The number of rotatable bonds is 4. The van der Waals surface area contributed by atoms with Gasteiger partial charge in [0.15, 0.2) is 0 Å². The van der Waals surface area contributed by atoms with Gasteiger partial charge in [-0.1, -0.05) is 0 Å². The number of carbonyl (C=O) groups excluding carboxylic acids is 2. The molecule has 16 heavy (non-hydrogen) atoms. The summed E-state index contributed by atoms with van der Waals surface area (Å²) < 4.78 is 0. The van der Waals surface area contributed by atoms with E-state index in [0.29, 0.717) is 0 Å². The summed E-state index contributed by atoms with van der Waals surface area (Å²) in [7, 11) is 0. The van der Waals surface area contributed by atoms with E-state index in [4.69, 9.17) is 0 Å². The molecule has 0 atom stereocenters. The molecule has 0 rings (SSSR count). The molecule has 0 fully saturated rings. The van der Waals surface area contributed by atoms with Gasteiger partial charge in [0.2, 0.25) is 0 Å².